The van der Waals surface area contributed by atoms with Crippen LogP contribution in [0.25, 0.3) is 0 Å². The van der Waals surface area contributed by atoms with Gasteiger partial charge in [0.1, 0.15) is 5.75 Å². The van der Waals surface area contributed by atoms with Crippen molar-refractivity contribution in [2.45, 2.75) is 39.7 Å². The van der Waals surface area contributed by atoms with Gasteiger partial charge in [-0.3, -0.25) is 15.1 Å². The van der Waals surface area contributed by atoms with Gasteiger partial charge in [0.15, 0.2) is 10.2 Å². The lowest BCUT2D eigenvalue weighted by Crippen LogP contribution is -2.40. The van der Waals surface area contributed by atoms with Crippen LogP contribution in [0.5, 0.6) is 5.75 Å². The van der Waals surface area contributed by atoms with Crippen molar-refractivity contribution in [2.75, 3.05) is 25.7 Å². The highest BCUT2D eigenvalue weighted by Gasteiger charge is 2.46. The normalized spacial score (nSPS) is 17.6. The minimum Gasteiger partial charge on any atom is -0.497 e. The number of unbranched alkanes of at least 4 members (excludes halogenated alkanes) is 1. The lowest BCUT2D eigenvalue weighted by Gasteiger charge is -2.32. The summed E-state index contributed by atoms with van der Waals surface area (Å²) in [6.07, 6.45) is 1.75. The van der Waals surface area contributed by atoms with E-state index in [2.05, 4.69) is 15.5 Å². The molecule has 204 valence electrons. The van der Waals surface area contributed by atoms with E-state index < -0.39 is 17.9 Å². The first kappa shape index (κ1) is 27.9. The Balaban J connectivity index is 1.57. The van der Waals surface area contributed by atoms with Crippen LogP contribution < -0.4 is 10.2 Å². The summed E-state index contributed by atoms with van der Waals surface area (Å²) in [5.74, 6) is -0.677. The number of allylic oxidation sites excluding steroid dienone is 1. The summed E-state index contributed by atoms with van der Waals surface area (Å²) in [5.41, 5.74) is 5.34. The molecule has 0 unspecified atom stereocenters. The number of rotatable bonds is 10. The number of carbonyl (C=O) groups excluding carboxylic acids is 3. The fourth-order valence-corrected chi connectivity index (χ4v) is 4.95. The van der Waals surface area contributed by atoms with Crippen molar-refractivity contribution in [3.8, 4) is 5.75 Å². The first-order valence-corrected chi connectivity index (χ1v) is 13.4. The van der Waals surface area contributed by atoms with Crippen molar-refractivity contribution in [1.82, 2.24) is 4.90 Å². The zero-order valence-corrected chi connectivity index (χ0v) is 23.0. The van der Waals surface area contributed by atoms with E-state index in [1.54, 1.807) is 69.5 Å². The summed E-state index contributed by atoms with van der Waals surface area (Å²) in [7, 11) is 1.57. The quantitative estimate of drug-likeness (QED) is 0.252. The van der Waals surface area contributed by atoms with Crippen LogP contribution in [0.1, 0.15) is 55.6 Å². The molecule has 1 saturated heterocycles. The molecule has 0 saturated carbocycles. The lowest BCUT2D eigenvalue weighted by molar-refractivity contribution is -0.139. The first-order chi connectivity index (χ1) is 18.9. The summed E-state index contributed by atoms with van der Waals surface area (Å²) in [5, 5.41) is 4.88. The summed E-state index contributed by atoms with van der Waals surface area (Å²) in [6, 6.07) is 13.0. The number of esters is 2. The second-order valence-corrected chi connectivity index (χ2v) is 9.62. The Kier molecular flexibility index (Phi) is 9.03. The van der Waals surface area contributed by atoms with E-state index in [9.17, 15) is 14.4 Å². The number of methoxy groups -OCH3 is 1. The molecule has 1 fully saturated rings. The zero-order chi connectivity index (χ0) is 27.9. The number of nitrogens with zero attached hydrogens (tertiary/aromatic N) is 3. The molecule has 1 amide bonds. The van der Waals surface area contributed by atoms with Gasteiger partial charge in [0.2, 0.25) is 0 Å². The van der Waals surface area contributed by atoms with E-state index in [0.29, 0.717) is 40.0 Å². The van der Waals surface area contributed by atoms with Crippen molar-refractivity contribution < 1.29 is 28.6 Å². The van der Waals surface area contributed by atoms with Crippen LogP contribution in [-0.4, -0.2) is 53.3 Å². The number of fused-ring (bicyclic) bond motifs is 1. The van der Waals surface area contributed by atoms with Crippen molar-refractivity contribution >= 4 is 45.5 Å². The summed E-state index contributed by atoms with van der Waals surface area (Å²) in [6.45, 7) is 6.05. The Morgan fingerprint density at radius 3 is 2.41 bits per heavy atom. The summed E-state index contributed by atoms with van der Waals surface area (Å²) >= 11 is 1.11. The number of amides is 1. The number of aliphatic imine (C=N–C) groups is 1. The molecule has 0 radical (unpaired) electrons. The predicted octanol–water partition coefficient (Wildman–Crippen LogP) is 4.90. The van der Waals surface area contributed by atoms with Gasteiger partial charge in [-0.25, -0.2) is 14.6 Å². The Labute approximate surface area is 231 Å². The highest BCUT2D eigenvalue weighted by Crippen LogP contribution is 2.42. The van der Waals surface area contributed by atoms with Crippen LogP contribution in [0.2, 0.25) is 0 Å². The van der Waals surface area contributed by atoms with Crippen molar-refractivity contribution in [3.63, 3.8) is 0 Å². The number of hydrogen-bond donors (Lipinski definition) is 1. The fourth-order valence-electron chi connectivity index (χ4n) is 4.03. The number of nitrogens with one attached hydrogen (secondary N) is 1. The highest BCUT2D eigenvalue weighted by atomic mass is 32.2. The maximum absolute atomic E-state index is 13.6. The monoisotopic (exact) mass is 550 g/mol. The molecule has 0 spiro atoms. The Morgan fingerprint density at radius 1 is 1.05 bits per heavy atom. The number of benzene rings is 2. The van der Waals surface area contributed by atoms with Gasteiger partial charge in [-0.2, -0.15) is 5.10 Å². The zero-order valence-electron chi connectivity index (χ0n) is 22.2. The molecule has 2 aliphatic heterocycles. The Bertz CT molecular complexity index is 1330. The minimum absolute atomic E-state index is 0.160. The van der Waals surface area contributed by atoms with Crippen molar-refractivity contribution in [3.05, 3.63) is 70.9 Å². The first-order valence-electron chi connectivity index (χ1n) is 12.6. The maximum Gasteiger partial charge on any atom is 0.338 e. The molecule has 0 aliphatic carbocycles. The number of hydrogen-bond acceptors (Lipinski definition) is 10. The fraction of sp³-hybridized carbons (Fsp3) is 0.321. The Hall–Kier alpha value is -4.12. The lowest BCUT2D eigenvalue weighted by atomic mass is 9.94. The molecule has 10 nitrogen and oxygen atoms in total. The molecule has 0 bridgehead atoms. The second-order valence-electron chi connectivity index (χ2n) is 8.66. The largest absolute Gasteiger partial charge is 0.497 e. The van der Waals surface area contributed by atoms with Gasteiger partial charge in [-0.05, 0) is 74.0 Å². The number of thioether (sulfide) groups is 1. The molecule has 0 aromatic heterocycles. The van der Waals surface area contributed by atoms with Gasteiger partial charge in [0.05, 0.1) is 48.9 Å². The maximum atomic E-state index is 13.6. The van der Waals surface area contributed by atoms with Gasteiger partial charge in [0, 0.05) is 0 Å². The van der Waals surface area contributed by atoms with E-state index >= 15 is 0 Å². The third kappa shape index (κ3) is 6.14. The molecule has 1 N–H and O–H groups in total. The molecule has 11 heteroatoms. The van der Waals surface area contributed by atoms with E-state index in [1.165, 1.54) is 4.90 Å². The van der Waals surface area contributed by atoms with Crippen LogP contribution >= 0.6 is 11.8 Å². The van der Waals surface area contributed by atoms with Gasteiger partial charge < -0.3 is 14.2 Å². The number of amidine groups is 1. The van der Waals surface area contributed by atoms with Crippen LogP contribution in [0.15, 0.2) is 69.9 Å². The number of ether oxygens (including phenoxy) is 3. The molecule has 2 aliphatic rings. The van der Waals surface area contributed by atoms with Crippen LogP contribution in [0.3, 0.4) is 0 Å². The molecule has 1 atom stereocenters. The summed E-state index contributed by atoms with van der Waals surface area (Å²) < 4.78 is 15.8. The number of hydrazone groups is 1. The molecule has 2 aromatic rings. The third-order valence-corrected chi connectivity index (χ3v) is 6.98. The average molecular weight is 551 g/mol. The number of anilines is 1. The predicted molar refractivity (Wildman–Crippen MR) is 150 cm³/mol. The van der Waals surface area contributed by atoms with E-state index in [0.717, 1.165) is 24.6 Å². The van der Waals surface area contributed by atoms with Crippen LogP contribution in [0.4, 0.5) is 5.69 Å². The third-order valence-electron chi connectivity index (χ3n) is 6.05. The minimum atomic E-state index is -0.742. The molecule has 4 rings (SSSR count). The summed E-state index contributed by atoms with van der Waals surface area (Å²) in [4.78, 5) is 44.6. The van der Waals surface area contributed by atoms with Gasteiger partial charge in [0.25, 0.3) is 5.91 Å². The van der Waals surface area contributed by atoms with Crippen LogP contribution in [0, 0.1) is 0 Å². The average Bonchev–Trinajstić information content (AvgIpc) is 3.26. The standard InChI is InChI=1S/C28H30N4O6S/c1-5-7-16-38-26(34)19-8-12-20(13-9-19)30-31-24-25(33)32-23(18-10-14-21(36-4)15-11-18)22(27(35)37-6-2)17(3)29-28(32)39-24/h8-15,23,30H,5-7,16H2,1-4H3/t23-/m0/s1. The molecule has 2 heterocycles. The van der Waals surface area contributed by atoms with Gasteiger partial charge in [-0.15, -0.1) is 0 Å². The smallest absolute Gasteiger partial charge is 0.338 e. The van der Waals surface area contributed by atoms with E-state index in [4.69, 9.17) is 14.2 Å². The molecule has 39 heavy (non-hydrogen) atoms. The molecular formula is C28H30N4O6S. The van der Waals surface area contributed by atoms with E-state index in [-0.39, 0.29) is 23.2 Å². The SMILES string of the molecule is CCCCOC(=O)c1ccc(NN=C2SC3=NC(C)=C(C(=O)OCC)[C@H](c4ccc(OC)cc4)N3C2=O)cc1. The van der Waals surface area contributed by atoms with Crippen molar-refractivity contribution in [1.29, 1.82) is 0 Å². The van der Waals surface area contributed by atoms with Crippen molar-refractivity contribution in [2.24, 2.45) is 10.1 Å². The molecule has 2 aromatic carbocycles. The van der Waals surface area contributed by atoms with Crippen LogP contribution in [-0.2, 0) is 19.1 Å². The second kappa shape index (κ2) is 12.6. The van der Waals surface area contributed by atoms with Gasteiger partial charge >= 0.3 is 11.9 Å². The number of carbonyl (C=O) groups is 3. The molecular weight excluding hydrogens is 520 g/mol. The Morgan fingerprint density at radius 2 is 1.77 bits per heavy atom. The highest BCUT2D eigenvalue weighted by molar-refractivity contribution is 8.29. The topological polar surface area (TPSA) is 119 Å². The van der Waals surface area contributed by atoms with E-state index in [1.807, 2.05) is 6.92 Å². The van der Waals surface area contributed by atoms with Gasteiger partial charge in [-0.1, -0.05) is 25.5 Å².